The highest BCUT2D eigenvalue weighted by atomic mass is 32.2. The molecule has 100 valence electrons. The van der Waals surface area contributed by atoms with Gasteiger partial charge in [0.1, 0.15) is 0 Å². The van der Waals surface area contributed by atoms with Gasteiger partial charge in [-0.3, -0.25) is 4.79 Å². The number of carboxylic acid groups (broad SMARTS) is 1. The zero-order chi connectivity index (χ0) is 13.1. The Kier molecular flexibility index (Phi) is 4.94. The quantitative estimate of drug-likeness (QED) is 0.781. The Morgan fingerprint density at radius 2 is 1.76 bits per heavy atom. The highest BCUT2D eigenvalue weighted by Crippen LogP contribution is 2.28. The summed E-state index contributed by atoms with van der Waals surface area (Å²) >= 11 is 0. The largest absolute Gasteiger partial charge is 0.481 e. The Balaban J connectivity index is 2.49. The van der Waals surface area contributed by atoms with Crippen LogP contribution in [0.5, 0.6) is 0 Å². The SMILES string of the molecule is CC1CC(C)CC(NS(=O)(=O)CCC(=O)O)C1. The van der Waals surface area contributed by atoms with E-state index in [2.05, 4.69) is 18.6 Å². The first-order valence-corrected chi connectivity index (χ1v) is 7.65. The summed E-state index contributed by atoms with van der Waals surface area (Å²) in [5, 5.41) is 8.47. The van der Waals surface area contributed by atoms with Crippen LogP contribution in [0.25, 0.3) is 0 Å². The van der Waals surface area contributed by atoms with Crippen LogP contribution in [0.3, 0.4) is 0 Å². The molecular formula is C11H21NO4S. The van der Waals surface area contributed by atoms with Gasteiger partial charge in [0.15, 0.2) is 0 Å². The zero-order valence-corrected chi connectivity index (χ0v) is 11.2. The molecule has 0 saturated heterocycles. The smallest absolute Gasteiger partial charge is 0.304 e. The minimum Gasteiger partial charge on any atom is -0.481 e. The summed E-state index contributed by atoms with van der Waals surface area (Å²) in [7, 11) is -3.45. The molecule has 6 heteroatoms. The van der Waals surface area contributed by atoms with E-state index in [1.54, 1.807) is 0 Å². The average Bonchev–Trinajstić information content (AvgIpc) is 2.12. The number of hydrogen-bond acceptors (Lipinski definition) is 3. The second-order valence-corrected chi connectivity index (χ2v) is 7.07. The number of nitrogens with one attached hydrogen (secondary N) is 1. The molecule has 0 bridgehead atoms. The molecule has 2 atom stereocenters. The lowest BCUT2D eigenvalue weighted by atomic mass is 9.81. The van der Waals surface area contributed by atoms with E-state index in [9.17, 15) is 13.2 Å². The molecule has 17 heavy (non-hydrogen) atoms. The predicted octanol–water partition coefficient (Wildman–Crippen LogP) is 1.21. The molecule has 0 amide bonds. The first kappa shape index (κ1) is 14.4. The maximum absolute atomic E-state index is 11.6. The first-order chi connectivity index (χ1) is 7.78. The van der Waals surface area contributed by atoms with Crippen molar-refractivity contribution in [2.24, 2.45) is 11.8 Å². The molecule has 1 aliphatic rings. The molecule has 0 aromatic rings. The van der Waals surface area contributed by atoms with Gasteiger partial charge in [-0.05, 0) is 31.1 Å². The normalized spacial score (nSPS) is 30.1. The molecule has 2 unspecified atom stereocenters. The van der Waals surface area contributed by atoms with Crippen LogP contribution in [0.1, 0.15) is 39.5 Å². The molecule has 0 aliphatic heterocycles. The lowest BCUT2D eigenvalue weighted by molar-refractivity contribution is -0.136. The van der Waals surface area contributed by atoms with Gasteiger partial charge < -0.3 is 5.11 Å². The van der Waals surface area contributed by atoms with Crippen LogP contribution in [0, 0.1) is 11.8 Å². The fourth-order valence-electron chi connectivity index (χ4n) is 2.58. The van der Waals surface area contributed by atoms with Crippen molar-refractivity contribution in [2.75, 3.05) is 5.75 Å². The van der Waals surface area contributed by atoms with E-state index >= 15 is 0 Å². The van der Waals surface area contributed by atoms with E-state index < -0.39 is 16.0 Å². The average molecular weight is 263 g/mol. The molecule has 2 N–H and O–H groups in total. The van der Waals surface area contributed by atoms with Gasteiger partial charge in [-0.2, -0.15) is 0 Å². The summed E-state index contributed by atoms with van der Waals surface area (Å²) in [5.41, 5.74) is 0. The van der Waals surface area contributed by atoms with Crippen LogP contribution < -0.4 is 4.72 Å². The zero-order valence-electron chi connectivity index (χ0n) is 10.3. The third kappa shape index (κ3) is 5.50. The van der Waals surface area contributed by atoms with E-state index in [-0.39, 0.29) is 18.2 Å². The summed E-state index contributed by atoms with van der Waals surface area (Å²) in [5.74, 6) is -0.376. The molecular weight excluding hydrogens is 242 g/mol. The molecule has 0 radical (unpaired) electrons. The fourth-order valence-corrected chi connectivity index (χ4v) is 3.84. The Morgan fingerprint density at radius 1 is 1.24 bits per heavy atom. The van der Waals surface area contributed by atoms with Crippen LogP contribution in [-0.2, 0) is 14.8 Å². The number of carbonyl (C=O) groups is 1. The Hall–Kier alpha value is -0.620. The Morgan fingerprint density at radius 3 is 2.24 bits per heavy atom. The van der Waals surface area contributed by atoms with Crippen molar-refractivity contribution in [1.82, 2.24) is 4.72 Å². The molecule has 5 nitrogen and oxygen atoms in total. The van der Waals surface area contributed by atoms with Crippen LogP contribution in [-0.4, -0.2) is 31.3 Å². The predicted molar refractivity (Wildman–Crippen MR) is 65.1 cm³/mol. The number of hydrogen-bond donors (Lipinski definition) is 2. The van der Waals surface area contributed by atoms with Crippen molar-refractivity contribution in [3.05, 3.63) is 0 Å². The van der Waals surface area contributed by atoms with Gasteiger partial charge in [0, 0.05) is 6.04 Å². The monoisotopic (exact) mass is 263 g/mol. The minimum atomic E-state index is -3.45. The third-order valence-electron chi connectivity index (χ3n) is 3.11. The van der Waals surface area contributed by atoms with Crippen molar-refractivity contribution in [1.29, 1.82) is 0 Å². The van der Waals surface area contributed by atoms with Crippen molar-refractivity contribution in [3.63, 3.8) is 0 Å². The second-order valence-electron chi connectivity index (χ2n) is 5.19. The Labute approximate surface area is 103 Å². The van der Waals surface area contributed by atoms with Crippen molar-refractivity contribution in [2.45, 2.75) is 45.6 Å². The minimum absolute atomic E-state index is 0.0347. The maximum atomic E-state index is 11.6. The number of carboxylic acids is 1. The van der Waals surface area contributed by atoms with Gasteiger partial charge in [-0.25, -0.2) is 13.1 Å². The number of sulfonamides is 1. The van der Waals surface area contributed by atoms with Gasteiger partial charge in [-0.1, -0.05) is 13.8 Å². The fraction of sp³-hybridized carbons (Fsp3) is 0.909. The second kappa shape index (κ2) is 5.82. The summed E-state index contributed by atoms with van der Waals surface area (Å²) in [6, 6.07) is -0.0347. The van der Waals surface area contributed by atoms with Crippen LogP contribution >= 0.6 is 0 Å². The van der Waals surface area contributed by atoms with Gasteiger partial charge in [-0.15, -0.1) is 0 Å². The van der Waals surface area contributed by atoms with Gasteiger partial charge >= 0.3 is 5.97 Å². The van der Waals surface area contributed by atoms with E-state index in [1.165, 1.54) is 0 Å². The summed E-state index contributed by atoms with van der Waals surface area (Å²) < 4.78 is 25.9. The lowest BCUT2D eigenvalue weighted by Crippen LogP contribution is -2.41. The van der Waals surface area contributed by atoms with Crippen LogP contribution in [0.4, 0.5) is 0 Å². The lowest BCUT2D eigenvalue weighted by Gasteiger charge is -2.31. The molecule has 1 aliphatic carbocycles. The molecule has 0 aromatic carbocycles. The number of aliphatic carboxylic acids is 1. The highest BCUT2D eigenvalue weighted by Gasteiger charge is 2.27. The molecule has 0 spiro atoms. The van der Waals surface area contributed by atoms with Crippen molar-refractivity contribution in [3.8, 4) is 0 Å². The third-order valence-corrected chi connectivity index (χ3v) is 4.54. The molecule has 1 saturated carbocycles. The molecule has 1 rings (SSSR count). The maximum Gasteiger partial charge on any atom is 0.304 e. The standard InChI is InChI=1S/C11H21NO4S/c1-8-5-9(2)7-10(6-8)12-17(15,16)4-3-11(13)14/h8-10,12H,3-7H2,1-2H3,(H,13,14). The van der Waals surface area contributed by atoms with E-state index in [4.69, 9.17) is 5.11 Å². The summed E-state index contributed by atoms with van der Waals surface area (Å²) in [6.07, 6.45) is 2.48. The van der Waals surface area contributed by atoms with E-state index in [1.807, 2.05) is 0 Å². The highest BCUT2D eigenvalue weighted by molar-refractivity contribution is 7.89. The molecule has 0 heterocycles. The molecule has 1 fully saturated rings. The van der Waals surface area contributed by atoms with Gasteiger partial charge in [0.25, 0.3) is 0 Å². The van der Waals surface area contributed by atoms with Crippen molar-refractivity contribution < 1.29 is 18.3 Å². The summed E-state index contributed by atoms with van der Waals surface area (Å²) in [4.78, 5) is 10.4. The van der Waals surface area contributed by atoms with Gasteiger partial charge in [0.2, 0.25) is 10.0 Å². The van der Waals surface area contributed by atoms with Crippen LogP contribution in [0.15, 0.2) is 0 Å². The topological polar surface area (TPSA) is 83.5 Å². The van der Waals surface area contributed by atoms with Gasteiger partial charge in [0.05, 0.1) is 12.2 Å². The molecule has 0 aromatic heterocycles. The summed E-state index contributed by atoms with van der Waals surface area (Å²) in [6.45, 7) is 4.24. The van der Waals surface area contributed by atoms with Crippen LogP contribution in [0.2, 0.25) is 0 Å². The van der Waals surface area contributed by atoms with E-state index in [0.717, 1.165) is 19.3 Å². The Bertz CT molecular complexity index is 356. The number of rotatable bonds is 5. The van der Waals surface area contributed by atoms with Crippen molar-refractivity contribution >= 4 is 16.0 Å². The first-order valence-electron chi connectivity index (χ1n) is 6.00. The van der Waals surface area contributed by atoms with E-state index in [0.29, 0.717) is 11.8 Å².